The summed E-state index contributed by atoms with van der Waals surface area (Å²) in [6.45, 7) is 2.03. The quantitative estimate of drug-likeness (QED) is 0.756. The molecule has 0 radical (unpaired) electrons. The molecular weight excluding hydrogens is 344 g/mol. The Bertz CT molecular complexity index is 1180. The molecule has 1 aromatic heterocycles. The number of aryl methyl sites for hydroxylation is 2. The van der Waals surface area contributed by atoms with Gasteiger partial charge in [-0.3, -0.25) is 4.57 Å². The van der Waals surface area contributed by atoms with Gasteiger partial charge in [0.15, 0.2) is 0 Å². The van der Waals surface area contributed by atoms with Crippen molar-refractivity contribution in [1.29, 1.82) is 0 Å². The Hall–Kier alpha value is -2.71. The lowest BCUT2D eigenvalue weighted by Gasteiger charge is -2.10. The van der Waals surface area contributed by atoms with E-state index in [1.165, 1.54) is 25.2 Å². The van der Waals surface area contributed by atoms with Crippen LogP contribution in [0.2, 0.25) is 0 Å². The van der Waals surface area contributed by atoms with Crippen molar-refractivity contribution in [3.05, 3.63) is 74.6 Å². The summed E-state index contributed by atoms with van der Waals surface area (Å²) in [7, 11) is -2.38. The van der Waals surface area contributed by atoms with Gasteiger partial charge < -0.3 is 4.42 Å². The SMILES string of the molecule is Cc1ccccc1CNS(=O)(=O)c1ccc2c(c1)c(=O)oc(=O)n2C. The predicted molar refractivity (Wildman–Crippen MR) is 92.9 cm³/mol. The van der Waals surface area contributed by atoms with Crippen LogP contribution in [0.4, 0.5) is 0 Å². The molecule has 130 valence electrons. The molecule has 2 aromatic carbocycles. The molecule has 3 aromatic rings. The zero-order chi connectivity index (χ0) is 18.2. The van der Waals surface area contributed by atoms with Crippen molar-refractivity contribution in [2.24, 2.45) is 7.05 Å². The standard InChI is InChI=1S/C17H16N2O5S/c1-11-5-3-4-6-12(11)10-18-25(22,23)13-7-8-15-14(9-13)16(20)24-17(21)19(15)2/h3-9,18H,10H2,1-2H3. The molecule has 0 unspecified atom stereocenters. The molecule has 0 saturated heterocycles. The molecule has 7 nitrogen and oxygen atoms in total. The molecule has 3 rings (SSSR count). The second kappa shape index (κ2) is 6.30. The van der Waals surface area contributed by atoms with E-state index in [4.69, 9.17) is 0 Å². The Morgan fingerprint density at radius 2 is 1.84 bits per heavy atom. The van der Waals surface area contributed by atoms with E-state index >= 15 is 0 Å². The molecule has 8 heteroatoms. The van der Waals surface area contributed by atoms with E-state index in [0.29, 0.717) is 5.52 Å². The van der Waals surface area contributed by atoms with Crippen LogP contribution < -0.4 is 16.1 Å². The van der Waals surface area contributed by atoms with Gasteiger partial charge in [0.25, 0.3) is 0 Å². The highest BCUT2D eigenvalue weighted by Crippen LogP contribution is 2.16. The first-order valence-corrected chi connectivity index (χ1v) is 8.96. The Morgan fingerprint density at radius 3 is 2.56 bits per heavy atom. The maximum atomic E-state index is 12.5. The lowest BCUT2D eigenvalue weighted by atomic mass is 10.1. The van der Waals surface area contributed by atoms with Crippen LogP contribution in [0.25, 0.3) is 10.9 Å². The Balaban J connectivity index is 1.99. The summed E-state index contributed by atoms with van der Waals surface area (Å²) < 4.78 is 33.3. The highest BCUT2D eigenvalue weighted by Gasteiger charge is 2.17. The molecule has 0 amide bonds. The molecule has 0 fully saturated rings. The van der Waals surface area contributed by atoms with Crippen LogP contribution in [-0.2, 0) is 23.6 Å². The van der Waals surface area contributed by atoms with E-state index < -0.39 is 21.4 Å². The minimum absolute atomic E-state index is 0.0286. The summed E-state index contributed by atoms with van der Waals surface area (Å²) in [5, 5.41) is 0.0286. The third kappa shape index (κ3) is 3.26. The smallest absolute Gasteiger partial charge is 0.372 e. The van der Waals surface area contributed by atoms with E-state index in [1.807, 2.05) is 31.2 Å². The normalized spacial score (nSPS) is 11.8. The fraction of sp³-hybridized carbons (Fsp3) is 0.176. The second-order valence-electron chi connectivity index (χ2n) is 5.64. The average Bonchev–Trinajstić information content (AvgIpc) is 2.58. The van der Waals surface area contributed by atoms with Crippen molar-refractivity contribution in [2.45, 2.75) is 18.4 Å². The number of aromatic nitrogens is 1. The molecule has 0 atom stereocenters. The van der Waals surface area contributed by atoms with Crippen molar-refractivity contribution in [3.63, 3.8) is 0 Å². The maximum absolute atomic E-state index is 12.5. The average molecular weight is 360 g/mol. The Morgan fingerprint density at radius 1 is 1.12 bits per heavy atom. The molecule has 0 aliphatic rings. The van der Waals surface area contributed by atoms with Gasteiger partial charge in [0.1, 0.15) is 0 Å². The Kier molecular flexibility index (Phi) is 4.32. The van der Waals surface area contributed by atoms with Crippen LogP contribution in [0.15, 0.2) is 61.4 Å². The van der Waals surface area contributed by atoms with Crippen LogP contribution >= 0.6 is 0 Å². The number of hydrogen-bond donors (Lipinski definition) is 1. The molecule has 1 N–H and O–H groups in total. The molecule has 0 aliphatic carbocycles. The summed E-state index contributed by atoms with van der Waals surface area (Å²) >= 11 is 0. The van der Waals surface area contributed by atoms with Gasteiger partial charge >= 0.3 is 11.4 Å². The van der Waals surface area contributed by atoms with E-state index in [2.05, 4.69) is 9.14 Å². The fourth-order valence-electron chi connectivity index (χ4n) is 2.50. The number of nitrogens with one attached hydrogen (secondary N) is 1. The molecule has 0 spiro atoms. The number of benzene rings is 2. The Labute approximate surface area is 143 Å². The highest BCUT2D eigenvalue weighted by atomic mass is 32.2. The van der Waals surface area contributed by atoms with Gasteiger partial charge in [-0.05, 0) is 36.2 Å². The number of nitrogens with zero attached hydrogens (tertiary/aromatic N) is 1. The fourth-order valence-corrected chi connectivity index (χ4v) is 3.54. The number of rotatable bonds is 4. The van der Waals surface area contributed by atoms with Gasteiger partial charge in [-0.2, -0.15) is 0 Å². The summed E-state index contributed by atoms with van der Waals surface area (Å²) in [6, 6.07) is 11.4. The summed E-state index contributed by atoms with van der Waals surface area (Å²) in [6.07, 6.45) is 0. The monoisotopic (exact) mass is 360 g/mol. The minimum Gasteiger partial charge on any atom is -0.372 e. The van der Waals surface area contributed by atoms with E-state index in [9.17, 15) is 18.0 Å². The minimum atomic E-state index is -3.82. The zero-order valence-corrected chi connectivity index (χ0v) is 14.5. The first-order chi connectivity index (χ1) is 11.8. The van der Waals surface area contributed by atoms with Gasteiger partial charge in [0.05, 0.1) is 15.8 Å². The third-order valence-corrected chi connectivity index (χ3v) is 5.43. The molecule has 1 heterocycles. The van der Waals surface area contributed by atoms with Gasteiger partial charge in [0, 0.05) is 13.6 Å². The maximum Gasteiger partial charge on any atom is 0.422 e. The lowest BCUT2D eigenvalue weighted by molar-refractivity contribution is 0.432. The van der Waals surface area contributed by atoms with E-state index in [1.54, 1.807) is 0 Å². The van der Waals surface area contributed by atoms with E-state index in [0.717, 1.165) is 15.7 Å². The van der Waals surface area contributed by atoms with Crippen molar-refractivity contribution in [3.8, 4) is 0 Å². The van der Waals surface area contributed by atoms with Crippen LogP contribution in [-0.4, -0.2) is 13.0 Å². The van der Waals surface area contributed by atoms with Gasteiger partial charge in [-0.25, -0.2) is 22.7 Å². The number of hydrogen-bond acceptors (Lipinski definition) is 5. The van der Waals surface area contributed by atoms with Crippen LogP contribution in [0.1, 0.15) is 11.1 Å². The topological polar surface area (TPSA) is 98.4 Å². The van der Waals surface area contributed by atoms with Crippen LogP contribution in [0.3, 0.4) is 0 Å². The molecule has 0 bridgehead atoms. The van der Waals surface area contributed by atoms with Crippen LogP contribution in [0, 0.1) is 6.92 Å². The van der Waals surface area contributed by atoms with Gasteiger partial charge in [-0.15, -0.1) is 0 Å². The lowest BCUT2D eigenvalue weighted by Crippen LogP contribution is -2.25. The first kappa shape index (κ1) is 17.1. The highest BCUT2D eigenvalue weighted by molar-refractivity contribution is 7.89. The summed E-state index contributed by atoms with van der Waals surface area (Å²) in [5.41, 5.74) is 1.27. The molecular formula is C17H16N2O5S. The van der Waals surface area contributed by atoms with Crippen molar-refractivity contribution in [2.75, 3.05) is 0 Å². The number of fused-ring (bicyclic) bond motifs is 1. The second-order valence-corrected chi connectivity index (χ2v) is 7.41. The molecule has 25 heavy (non-hydrogen) atoms. The summed E-state index contributed by atoms with van der Waals surface area (Å²) in [4.78, 5) is 23.3. The largest absolute Gasteiger partial charge is 0.422 e. The van der Waals surface area contributed by atoms with Crippen molar-refractivity contribution >= 4 is 20.9 Å². The van der Waals surface area contributed by atoms with Gasteiger partial charge in [0.2, 0.25) is 10.0 Å². The summed E-state index contributed by atoms with van der Waals surface area (Å²) in [5.74, 6) is -0.800. The molecule has 0 saturated carbocycles. The van der Waals surface area contributed by atoms with E-state index in [-0.39, 0.29) is 16.8 Å². The van der Waals surface area contributed by atoms with Crippen LogP contribution in [0.5, 0.6) is 0 Å². The zero-order valence-electron chi connectivity index (χ0n) is 13.6. The predicted octanol–water partition coefficient (Wildman–Crippen LogP) is 1.28. The van der Waals surface area contributed by atoms with Gasteiger partial charge in [-0.1, -0.05) is 24.3 Å². The van der Waals surface area contributed by atoms with Crippen molar-refractivity contribution in [1.82, 2.24) is 9.29 Å². The third-order valence-electron chi connectivity index (χ3n) is 4.03. The number of sulfonamides is 1. The molecule has 0 aliphatic heterocycles. The van der Waals surface area contributed by atoms with Crippen molar-refractivity contribution < 1.29 is 12.8 Å². The first-order valence-electron chi connectivity index (χ1n) is 7.47.